The highest BCUT2D eigenvalue weighted by atomic mass is 32.3. The highest BCUT2D eigenvalue weighted by Gasteiger charge is 2.35. The molecule has 0 N–H and O–H groups in total. The van der Waals surface area contributed by atoms with Crippen LogP contribution in [0.15, 0.2) is 287 Å². The average molecular weight is 897 g/mol. The van der Waals surface area contributed by atoms with Crippen molar-refractivity contribution in [3.8, 4) is 55.9 Å². The molecule has 0 saturated carbocycles. The fourth-order valence-corrected chi connectivity index (χ4v) is 15.5. The summed E-state index contributed by atoms with van der Waals surface area (Å²) in [5, 5.41) is 4.95. The van der Waals surface area contributed by atoms with Crippen molar-refractivity contribution in [1.82, 2.24) is 9.13 Å². The van der Waals surface area contributed by atoms with Gasteiger partial charge < -0.3 is 9.13 Å². The molecule has 2 aromatic heterocycles. The maximum atomic E-state index is 2.54. The van der Waals surface area contributed by atoms with Crippen molar-refractivity contribution in [2.24, 2.45) is 0 Å². The van der Waals surface area contributed by atoms with Gasteiger partial charge in [0.1, 0.15) is 0 Å². The first-order chi connectivity index (χ1) is 34.3. The van der Waals surface area contributed by atoms with Crippen LogP contribution < -0.4 is 0 Å². The number of rotatable bonds is 6. The normalized spacial score (nSPS) is 12.3. The zero-order valence-corrected chi connectivity index (χ0v) is 38.5. The van der Waals surface area contributed by atoms with Crippen LogP contribution in [0.2, 0.25) is 0 Å². The molecule has 324 valence electrons. The summed E-state index contributed by atoms with van der Waals surface area (Å²) in [5.41, 5.74) is 17.0. The number of aromatic nitrogens is 2. The predicted molar refractivity (Wildman–Crippen MR) is 290 cm³/mol. The Hall–Kier alpha value is -8.63. The quantitative estimate of drug-likeness (QED) is 0.157. The largest absolute Gasteiger partial charge is 0.307 e. The van der Waals surface area contributed by atoms with Crippen molar-refractivity contribution in [1.29, 1.82) is 0 Å². The molecule has 69 heavy (non-hydrogen) atoms. The van der Waals surface area contributed by atoms with Gasteiger partial charge in [0, 0.05) is 46.8 Å². The van der Waals surface area contributed by atoms with Gasteiger partial charge in [-0.3, -0.25) is 0 Å². The zero-order valence-electron chi connectivity index (χ0n) is 37.7. The Labute approximate surface area is 403 Å². The first kappa shape index (κ1) is 39.5. The third kappa shape index (κ3) is 5.88. The Morgan fingerprint density at radius 2 is 0.609 bits per heavy atom. The second-order valence-electron chi connectivity index (χ2n) is 18.0. The molecule has 0 atom stereocenters. The highest BCUT2D eigenvalue weighted by Crippen LogP contribution is 2.74. The van der Waals surface area contributed by atoms with Gasteiger partial charge in [0.2, 0.25) is 0 Å². The van der Waals surface area contributed by atoms with E-state index in [-0.39, 0.29) is 0 Å². The third-order valence-electron chi connectivity index (χ3n) is 14.4. The molecule has 0 radical (unpaired) electrons. The Morgan fingerprint density at radius 3 is 1.14 bits per heavy atom. The summed E-state index contributed by atoms with van der Waals surface area (Å²) >= 11 is 0. The standard InChI is InChI=1S/C66H44N2S/c1-3-22-46(23-4-1)69(47-24-5-2-6-25-47,49-41-42-56-54-31-10-9-29-52(54)50-27-7-8-28-51(50)53-30-11-12-32-55(53)61(56)44-49)48-26-19-21-45(43-48)67-62-37-16-15-35-59(62)60-36-20-40-65(66(60)67)68-63-38-17-13-33-57(63)58-34-14-18-39-64(58)68/h1-44H. The van der Waals surface area contributed by atoms with Gasteiger partial charge in [-0.1, -0.05) is 188 Å². The lowest BCUT2D eigenvalue weighted by Crippen LogP contribution is -2.07. The summed E-state index contributed by atoms with van der Waals surface area (Å²) in [4.78, 5) is 5.12. The average Bonchev–Trinajstić information content (AvgIpc) is 3.95. The first-order valence-corrected chi connectivity index (χ1v) is 25.4. The van der Waals surface area contributed by atoms with E-state index in [9.17, 15) is 0 Å². The molecular formula is C66H44N2S. The molecule has 3 heteroatoms. The third-order valence-corrected chi connectivity index (χ3v) is 18.3. The van der Waals surface area contributed by atoms with E-state index in [1.165, 1.54) is 108 Å². The lowest BCUT2D eigenvalue weighted by molar-refractivity contribution is 1.12. The highest BCUT2D eigenvalue weighted by molar-refractivity contribution is 8.34. The van der Waals surface area contributed by atoms with Crippen LogP contribution in [0, 0.1) is 0 Å². The Bertz CT molecular complexity index is 4040. The maximum absolute atomic E-state index is 2.54. The van der Waals surface area contributed by atoms with Crippen molar-refractivity contribution < 1.29 is 0 Å². The molecule has 0 aliphatic heterocycles. The second-order valence-corrected chi connectivity index (χ2v) is 21.1. The number of nitrogens with zero attached hydrogens (tertiary/aromatic N) is 2. The molecule has 14 rings (SSSR count). The SMILES string of the molecule is c1ccc(S(c2ccccc2)(c2cccc(-n3c4ccccc4c4cccc(-n5c6ccccc6c6ccccc65)c43)c2)c2ccc3c(c2)-c2ccccc2-c2ccccc2-c2ccccc2-3)cc1. The van der Waals surface area contributed by atoms with Crippen LogP contribution in [0.3, 0.4) is 0 Å². The summed E-state index contributed by atoms with van der Waals surface area (Å²) in [5.74, 6) is 0. The van der Waals surface area contributed by atoms with Gasteiger partial charge in [-0.15, -0.1) is 10.0 Å². The van der Waals surface area contributed by atoms with Crippen molar-refractivity contribution in [3.63, 3.8) is 0 Å². The fourth-order valence-electron chi connectivity index (χ4n) is 11.5. The summed E-state index contributed by atoms with van der Waals surface area (Å²) in [6, 6.07) is 99.7. The molecule has 2 heterocycles. The molecule has 0 spiro atoms. The molecule has 1 aliphatic rings. The molecule has 0 saturated heterocycles. The molecule has 11 aromatic carbocycles. The molecule has 1 aliphatic carbocycles. The minimum absolute atomic E-state index is 1.12. The lowest BCUT2D eigenvalue weighted by Gasteiger charge is -2.42. The van der Waals surface area contributed by atoms with Gasteiger partial charge in [-0.2, -0.15) is 0 Å². The van der Waals surface area contributed by atoms with Gasteiger partial charge in [-0.25, -0.2) is 0 Å². The van der Waals surface area contributed by atoms with E-state index in [2.05, 4.69) is 276 Å². The van der Waals surface area contributed by atoms with Crippen molar-refractivity contribution in [3.05, 3.63) is 267 Å². The number of fused-ring (bicyclic) bond motifs is 14. The van der Waals surface area contributed by atoms with Crippen LogP contribution in [-0.2, 0) is 0 Å². The van der Waals surface area contributed by atoms with Crippen LogP contribution in [0.1, 0.15) is 0 Å². The van der Waals surface area contributed by atoms with E-state index >= 15 is 0 Å². The molecule has 0 fully saturated rings. The van der Waals surface area contributed by atoms with Crippen molar-refractivity contribution >= 4 is 53.6 Å². The number of benzene rings is 11. The predicted octanol–water partition coefficient (Wildman–Crippen LogP) is 18.2. The van der Waals surface area contributed by atoms with E-state index in [1.54, 1.807) is 0 Å². The zero-order chi connectivity index (χ0) is 45.5. The summed E-state index contributed by atoms with van der Waals surface area (Å²) in [6.45, 7) is 0. The number of hydrogen-bond donors (Lipinski definition) is 0. The van der Waals surface area contributed by atoms with E-state index in [1.807, 2.05) is 0 Å². The number of hydrogen-bond acceptors (Lipinski definition) is 0. The van der Waals surface area contributed by atoms with Crippen LogP contribution in [0.25, 0.3) is 99.5 Å². The fraction of sp³-hybridized carbons (Fsp3) is 0. The van der Waals surface area contributed by atoms with E-state index in [0.717, 1.165) is 11.4 Å². The minimum atomic E-state index is -2.16. The van der Waals surface area contributed by atoms with Crippen LogP contribution >= 0.6 is 10.0 Å². The minimum Gasteiger partial charge on any atom is -0.307 e. The summed E-state index contributed by atoms with van der Waals surface area (Å²) in [6.07, 6.45) is 0. The first-order valence-electron chi connectivity index (χ1n) is 23.7. The van der Waals surface area contributed by atoms with E-state index in [0.29, 0.717) is 0 Å². The summed E-state index contributed by atoms with van der Waals surface area (Å²) in [7, 11) is -2.16. The Balaban J connectivity index is 1.07. The van der Waals surface area contributed by atoms with E-state index in [4.69, 9.17) is 0 Å². The molecule has 0 amide bonds. The van der Waals surface area contributed by atoms with Crippen molar-refractivity contribution in [2.75, 3.05) is 0 Å². The monoisotopic (exact) mass is 896 g/mol. The molecule has 0 unspecified atom stereocenters. The topological polar surface area (TPSA) is 9.86 Å². The Kier molecular flexibility index (Phi) is 9.02. The molecule has 2 nitrogen and oxygen atoms in total. The van der Waals surface area contributed by atoms with Gasteiger partial charge in [-0.05, 0) is 123 Å². The van der Waals surface area contributed by atoms with Gasteiger partial charge in [0.25, 0.3) is 0 Å². The van der Waals surface area contributed by atoms with Crippen LogP contribution in [0.5, 0.6) is 0 Å². The molecule has 13 aromatic rings. The van der Waals surface area contributed by atoms with Crippen LogP contribution in [0.4, 0.5) is 0 Å². The number of para-hydroxylation sites is 4. The lowest BCUT2D eigenvalue weighted by atomic mass is 9.81. The van der Waals surface area contributed by atoms with Crippen LogP contribution in [-0.4, -0.2) is 9.13 Å². The molecular weight excluding hydrogens is 853 g/mol. The second kappa shape index (κ2) is 15.7. The Morgan fingerprint density at radius 1 is 0.232 bits per heavy atom. The van der Waals surface area contributed by atoms with Crippen molar-refractivity contribution in [2.45, 2.75) is 19.6 Å². The van der Waals surface area contributed by atoms with Gasteiger partial charge in [0.15, 0.2) is 0 Å². The van der Waals surface area contributed by atoms with E-state index < -0.39 is 10.0 Å². The summed E-state index contributed by atoms with van der Waals surface area (Å²) < 4.78 is 5.00. The smallest absolute Gasteiger partial charge is 0.0782 e. The van der Waals surface area contributed by atoms with Gasteiger partial charge >= 0.3 is 0 Å². The van der Waals surface area contributed by atoms with Gasteiger partial charge in [0.05, 0.1) is 27.8 Å². The molecule has 0 bridgehead atoms. The maximum Gasteiger partial charge on any atom is 0.0782 e.